The SMILES string of the molecule is C=C1CCC[C@H](C)[C@]1(C)CCc1ccoc1. The minimum Gasteiger partial charge on any atom is -0.472 e. The molecule has 1 saturated carbocycles. The molecule has 0 unspecified atom stereocenters. The predicted molar refractivity (Wildman–Crippen MR) is 67.3 cm³/mol. The van der Waals surface area contributed by atoms with Crippen molar-refractivity contribution in [3.05, 3.63) is 36.3 Å². The molecule has 1 heterocycles. The van der Waals surface area contributed by atoms with E-state index in [0.29, 0.717) is 5.41 Å². The summed E-state index contributed by atoms with van der Waals surface area (Å²) in [5, 5.41) is 0. The lowest BCUT2D eigenvalue weighted by Crippen LogP contribution is -2.31. The molecule has 1 fully saturated rings. The van der Waals surface area contributed by atoms with E-state index in [0.717, 1.165) is 12.3 Å². The van der Waals surface area contributed by atoms with E-state index in [1.165, 1.54) is 36.8 Å². The normalized spacial score (nSPS) is 30.6. The molecule has 1 aliphatic rings. The van der Waals surface area contributed by atoms with Crippen LogP contribution in [-0.4, -0.2) is 0 Å². The second kappa shape index (κ2) is 4.48. The Labute approximate surface area is 98.5 Å². The van der Waals surface area contributed by atoms with Crippen LogP contribution in [0.15, 0.2) is 35.2 Å². The van der Waals surface area contributed by atoms with E-state index in [4.69, 9.17) is 4.42 Å². The Kier molecular flexibility index (Phi) is 3.22. The zero-order valence-corrected chi connectivity index (χ0v) is 10.5. The topological polar surface area (TPSA) is 13.1 Å². The molecular weight excluding hydrogens is 196 g/mol. The fraction of sp³-hybridized carbons (Fsp3) is 0.600. The third-order valence-electron chi connectivity index (χ3n) is 4.52. The van der Waals surface area contributed by atoms with E-state index >= 15 is 0 Å². The van der Waals surface area contributed by atoms with Gasteiger partial charge in [0.25, 0.3) is 0 Å². The minimum absolute atomic E-state index is 0.329. The fourth-order valence-electron chi connectivity index (χ4n) is 2.84. The molecule has 1 aliphatic carbocycles. The Morgan fingerprint density at radius 3 is 3.00 bits per heavy atom. The summed E-state index contributed by atoms with van der Waals surface area (Å²) in [6.07, 6.45) is 9.81. The second-order valence-corrected chi connectivity index (χ2v) is 5.45. The number of aryl methyl sites for hydroxylation is 1. The van der Waals surface area contributed by atoms with E-state index in [-0.39, 0.29) is 0 Å². The van der Waals surface area contributed by atoms with E-state index in [1.807, 2.05) is 6.26 Å². The minimum atomic E-state index is 0.329. The van der Waals surface area contributed by atoms with Crippen molar-refractivity contribution in [3.8, 4) is 0 Å². The van der Waals surface area contributed by atoms with E-state index in [1.54, 1.807) is 6.26 Å². The molecule has 0 radical (unpaired) electrons. The first-order valence-corrected chi connectivity index (χ1v) is 6.32. The van der Waals surface area contributed by atoms with Gasteiger partial charge in [-0.15, -0.1) is 0 Å². The predicted octanol–water partition coefficient (Wildman–Crippen LogP) is 4.59. The van der Waals surface area contributed by atoms with Crippen LogP contribution in [0.1, 0.15) is 45.1 Å². The van der Waals surface area contributed by atoms with Crippen LogP contribution >= 0.6 is 0 Å². The molecular formula is C15H22O. The Hall–Kier alpha value is -0.980. The zero-order valence-electron chi connectivity index (χ0n) is 10.5. The van der Waals surface area contributed by atoms with Gasteiger partial charge < -0.3 is 4.42 Å². The maximum Gasteiger partial charge on any atom is 0.0934 e. The van der Waals surface area contributed by atoms with Crippen LogP contribution in [0.3, 0.4) is 0 Å². The van der Waals surface area contributed by atoms with Crippen LogP contribution in [0.4, 0.5) is 0 Å². The first-order chi connectivity index (χ1) is 7.63. The number of rotatable bonds is 3. The summed E-state index contributed by atoms with van der Waals surface area (Å²) in [5.41, 5.74) is 3.09. The van der Waals surface area contributed by atoms with Gasteiger partial charge in [0.05, 0.1) is 12.5 Å². The molecule has 16 heavy (non-hydrogen) atoms. The molecule has 0 saturated heterocycles. The van der Waals surface area contributed by atoms with Gasteiger partial charge in [-0.1, -0.05) is 26.0 Å². The first kappa shape index (κ1) is 11.5. The van der Waals surface area contributed by atoms with Gasteiger partial charge in [0, 0.05) is 0 Å². The lowest BCUT2D eigenvalue weighted by Gasteiger charge is -2.42. The number of furan rings is 1. The molecule has 0 aliphatic heterocycles. The summed E-state index contributed by atoms with van der Waals surface area (Å²) in [7, 11) is 0. The summed E-state index contributed by atoms with van der Waals surface area (Å²) < 4.78 is 5.12. The van der Waals surface area contributed by atoms with Crippen molar-refractivity contribution >= 4 is 0 Å². The van der Waals surface area contributed by atoms with Crippen molar-refractivity contribution in [2.24, 2.45) is 11.3 Å². The Morgan fingerprint density at radius 1 is 1.56 bits per heavy atom. The number of hydrogen-bond donors (Lipinski definition) is 0. The molecule has 88 valence electrons. The molecule has 0 aromatic carbocycles. The van der Waals surface area contributed by atoms with Crippen molar-refractivity contribution in [3.63, 3.8) is 0 Å². The highest BCUT2D eigenvalue weighted by atomic mass is 16.3. The smallest absolute Gasteiger partial charge is 0.0934 e. The Morgan fingerprint density at radius 2 is 2.38 bits per heavy atom. The lowest BCUT2D eigenvalue weighted by atomic mass is 9.63. The largest absolute Gasteiger partial charge is 0.472 e. The van der Waals surface area contributed by atoms with Gasteiger partial charge in [-0.05, 0) is 55.1 Å². The van der Waals surface area contributed by atoms with Gasteiger partial charge in [0.1, 0.15) is 0 Å². The molecule has 1 aromatic rings. The summed E-state index contributed by atoms with van der Waals surface area (Å²) in [6, 6.07) is 2.07. The van der Waals surface area contributed by atoms with Gasteiger partial charge in [0.2, 0.25) is 0 Å². The van der Waals surface area contributed by atoms with Crippen LogP contribution in [0.25, 0.3) is 0 Å². The van der Waals surface area contributed by atoms with Crippen LogP contribution < -0.4 is 0 Å². The quantitative estimate of drug-likeness (QED) is 0.676. The van der Waals surface area contributed by atoms with Gasteiger partial charge in [0.15, 0.2) is 0 Å². The molecule has 1 heteroatoms. The maximum atomic E-state index is 5.12. The highest BCUT2D eigenvalue weighted by Crippen LogP contribution is 2.47. The van der Waals surface area contributed by atoms with Crippen molar-refractivity contribution in [2.45, 2.75) is 46.0 Å². The molecule has 0 spiro atoms. The number of hydrogen-bond acceptors (Lipinski definition) is 1. The highest BCUT2D eigenvalue weighted by Gasteiger charge is 2.35. The Bertz CT molecular complexity index is 350. The lowest BCUT2D eigenvalue weighted by molar-refractivity contribution is 0.187. The molecule has 1 nitrogen and oxygen atoms in total. The van der Waals surface area contributed by atoms with Gasteiger partial charge in [-0.3, -0.25) is 0 Å². The molecule has 2 rings (SSSR count). The summed E-state index contributed by atoms with van der Waals surface area (Å²) in [5.74, 6) is 0.764. The monoisotopic (exact) mass is 218 g/mol. The van der Waals surface area contributed by atoms with Crippen molar-refractivity contribution in [1.82, 2.24) is 0 Å². The van der Waals surface area contributed by atoms with E-state index in [2.05, 4.69) is 26.5 Å². The van der Waals surface area contributed by atoms with Crippen LogP contribution in [0.5, 0.6) is 0 Å². The average molecular weight is 218 g/mol. The number of allylic oxidation sites excluding steroid dienone is 1. The fourth-order valence-corrected chi connectivity index (χ4v) is 2.84. The third-order valence-corrected chi connectivity index (χ3v) is 4.52. The first-order valence-electron chi connectivity index (χ1n) is 6.32. The van der Waals surface area contributed by atoms with Crippen LogP contribution in [-0.2, 0) is 6.42 Å². The van der Waals surface area contributed by atoms with Gasteiger partial charge in [-0.25, -0.2) is 0 Å². The molecule has 1 aromatic heterocycles. The summed E-state index contributed by atoms with van der Waals surface area (Å²) in [6.45, 7) is 9.06. The van der Waals surface area contributed by atoms with Crippen LogP contribution in [0, 0.1) is 11.3 Å². The van der Waals surface area contributed by atoms with Crippen LogP contribution in [0.2, 0.25) is 0 Å². The van der Waals surface area contributed by atoms with Gasteiger partial charge >= 0.3 is 0 Å². The third kappa shape index (κ3) is 2.09. The standard InChI is InChI=1S/C15H22O/c1-12-5-4-6-13(2)15(12,3)9-7-14-8-10-16-11-14/h8,10-11,13H,1,4-7,9H2,2-3H3/t13-,15+/m0/s1. The van der Waals surface area contributed by atoms with Gasteiger partial charge in [-0.2, -0.15) is 0 Å². The molecule has 0 amide bonds. The Balaban J connectivity index is 2.02. The van der Waals surface area contributed by atoms with Crippen molar-refractivity contribution in [1.29, 1.82) is 0 Å². The maximum absolute atomic E-state index is 5.12. The molecule has 0 N–H and O–H groups in total. The van der Waals surface area contributed by atoms with Crippen molar-refractivity contribution in [2.75, 3.05) is 0 Å². The van der Waals surface area contributed by atoms with E-state index in [9.17, 15) is 0 Å². The zero-order chi connectivity index (χ0) is 11.6. The second-order valence-electron chi connectivity index (χ2n) is 5.45. The van der Waals surface area contributed by atoms with Crippen molar-refractivity contribution < 1.29 is 4.42 Å². The molecule has 2 atom stereocenters. The van der Waals surface area contributed by atoms with E-state index < -0.39 is 0 Å². The summed E-state index contributed by atoms with van der Waals surface area (Å²) >= 11 is 0. The highest BCUT2D eigenvalue weighted by molar-refractivity contribution is 5.15. The molecule has 0 bridgehead atoms. The average Bonchev–Trinajstić information content (AvgIpc) is 2.76. The summed E-state index contributed by atoms with van der Waals surface area (Å²) in [4.78, 5) is 0.